The highest BCUT2D eigenvalue weighted by molar-refractivity contribution is 5.79. The zero-order valence-electron chi connectivity index (χ0n) is 10.2. The summed E-state index contributed by atoms with van der Waals surface area (Å²) in [4.78, 5) is 27.2. The zero-order chi connectivity index (χ0) is 12.7. The van der Waals surface area contributed by atoms with Gasteiger partial charge in [0.15, 0.2) is 0 Å². The molecule has 3 saturated heterocycles. The maximum atomic E-state index is 12.4. The molecule has 0 spiro atoms. The summed E-state index contributed by atoms with van der Waals surface area (Å²) >= 11 is 0. The van der Waals surface area contributed by atoms with E-state index < -0.39 is 5.97 Å². The van der Waals surface area contributed by atoms with E-state index in [9.17, 15) is 14.7 Å². The molecule has 3 unspecified atom stereocenters. The van der Waals surface area contributed by atoms with E-state index in [1.807, 2.05) is 4.90 Å². The Kier molecular flexibility index (Phi) is 2.89. The minimum Gasteiger partial charge on any atom is -0.481 e. The Balaban J connectivity index is 1.72. The third kappa shape index (κ3) is 1.75. The van der Waals surface area contributed by atoms with E-state index in [4.69, 9.17) is 4.74 Å². The van der Waals surface area contributed by atoms with Gasteiger partial charge in [-0.2, -0.15) is 0 Å². The molecule has 3 fully saturated rings. The first-order valence-corrected chi connectivity index (χ1v) is 6.56. The van der Waals surface area contributed by atoms with Crippen LogP contribution < -0.4 is 0 Å². The summed E-state index contributed by atoms with van der Waals surface area (Å²) in [5.74, 6) is -1.13. The monoisotopic (exact) mass is 254 g/mol. The average molecular weight is 254 g/mol. The molecule has 3 rings (SSSR count). The molecule has 6 heteroatoms. The summed E-state index contributed by atoms with van der Waals surface area (Å²) in [5.41, 5.74) is 0. The lowest BCUT2D eigenvalue weighted by atomic mass is 9.89. The number of carbonyl (C=O) groups is 2. The van der Waals surface area contributed by atoms with Gasteiger partial charge in [-0.1, -0.05) is 0 Å². The summed E-state index contributed by atoms with van der Waals surface area (Å²) in [6, 6.07) is 0.0452. The molecule has 3 atom stereocenters. The number of hydrogen-bond donors (Lipinski definition) is 1. The van der Waals surface area contributed by atoms with Crippen molar-refractivity contribution in [1.82, 2.24) is 9.80 Å². The Morgan fingerprint density at radius 3 is 2.50 bits per heavy atom. The molecule has 0 saturated carbocycles. The molecule has 0 aliphatic carbocycles. The molecule has 100 valence electrons. The number of fused-ring (bicyclic) bond motifs is 2. The number of aliphatic carboxylic acids is 1. The lowest BCUT2D eigenvalue weighted by molar-refractivity contribution is -0.142. The highest BCUT2D eigenvalue weighted by Crippen LogP contribution is 2.42. The molecule has 18 heavy (non-hydrogen) atoms. The van der Waals surface area contributed by atoms with E-state index in [0.29, 0.717) is 32.7 Å². The Morgan fingerprint density at radius 1 is 1.17 bits per heavy atom. The van der Waals surface area contributed by atoms with Crippen molar-refractivity contribution >= 4 is 12.0 Å². The van der Waals surface area contributed by atoms with E-state index in [0.717, 1.165) is 12.8 Å². The standard InChI is InChI=1S/C12H18N2O4/c15-11(16)9-7-8-1-2-10(9)14(8)12(17)13-3-5-18-6-4-13/h8-10H,1-7H2,(H,15,16). The molecule has 6 nitrogen and oxygen atoms in total. The van der Waals surface area contributed by atoms with E-state index in [2.05, 4.69) is 0 Å². The van der Waals surface area contributed by atoms with Gasteiger partial charge in [-0.25, -0.2) is 4.79 Å². The van der Waals surface area contributed by atoms with Gasteiger partial charge in [0.25, 0.3) is 0 Å². The molecular formula is C12H18N2O4. The number of urea groups is 1. The van der Waals surface area contributed by atoms with Crippen molar-refractivity contribution in [3.05, 3.63) is 0 Å². The molecule has 2 amide bonds. The number of amides is 2. The lowest BCUT2D eigenvalue weighted by Crippen LogP contribution is -2.50. The summed E-state index contributed by atoms with van der Waals surface area (Å²) < 4.78 is 5.23. The van der Waals surface area contributed by atoms with Gasteiger partial charge in [0.2, 0.25) is 0 Å². The second-order valence-corrected chi connectivity index (χ2v) is 5.27. The highest BCUT2D eigenvalue weighted by Gasteiger charge is 2.52. The molecule has 3 heterocycles. The van der Waals surface area contributed by atoms with Crippen LogP contribution in [0.1, 0.15) is 19.3 Å². The molecule has 1 N–H and O–H groups in total. The van der Waals surface area contributed by atoms with Crippen LogP contribution in [-0.4, -0.2) is 65.3 Å². The Labute approximate surface area is 105 Å². The Bertz CT molecular complexity index is 367. The lowest BCUT2D eigenvalue weighted by Gasteiger charge is -2.33. The first-order valence-electron chi connectivity index (χ1n) is 6.56. The first-order chi connectivity index (χ1) is 8.68. The number of ether oxygens (including phenoxy) is 1. The number of carboxylic acids is 1. The number of carbonyl (C=O) groups excluding carboxylic acids is 1. The maximum absolute atomic E-state index is 12.4. The quantitative estimate of drug-likeness (QED) is 0.734. The highest BCUT2D eigenvalue weighted by atomic mass is 16.5. The molecular weight excluding hydrogens is 236 g/mol. The van der Waals surface area contributed by atoms with Gasteiger partial charge in [-0.05, 0) is 19.3 Å². The van der Waals surface area contributed by atoms with Crippen molar-refractivity contribution in [2.75, 3.05) is 26.3 Å². The minimum atomic E-state index is -0.762. The van der Waals surface area contributed by atoms with E-state index in [1.165, 1.54) is 0 Å². The van der Waals surface area contributed by atoms with Crippen LogP contribution >= 0.6 is 0 Å². The second-order valence-electron chi connectivity index (χ2n) is 5.27. The number of rotatable bonds is 1. The average Bonchev–Trinajstić information content (AvgIpc) is 2.96. The van der Waals surface area contributed by atoms with Crippen LogP contribution in [-0.2, 0) is 9.53 Å². The number of nitrogens with zero attached hydrogens (tertiary/aromatic N) is 2. The smallest absolute Gasteiger partial charge is 0.320 e. The summed E-state index contributed by atoms with van der Waals surface area (Å²) in [6.45, 7) is 2.40. The van der Waals surface area contributed by atoms with Crippen LogP contribution in [0.3, 0.4) is 0 Å². The van der Waals surface area contributed by atoms with Gasteiger partial charge in [-0.3, -0.25) is 4.79 Å². The Morgan fingerprint density at radius 2 is 1.89 bits per heavy atom. The first kappa shape index (κ1) is 11.8. The summed E-state index contributed by atoms with van der Waals surface area (Å²) in [7, 11) is 0. The predicted molar refractivity (Wildman–Crippen MR) is 62.2 cm³/mol. The minimum absolute atomic E-state index is 0.00884. The fourth-order valence-electron chi connectivity index (χ4n) is 3.47. The second kappa shape index (κ2) is 4.42. The van der Waals surface area contributed by atoms with Crippen molar-refractivity contribution < 1.29 is 19.4 Å². The van der Waals surface area contributed by atoms with Crippen molar-refractivity contribution in [2.45, 2.75) is 31.3 Å². The number of morpholine rings is 1. The van der Waals surface area contributed by atoms with Gasteiger partial charge in [0, 0.05) is 25.2 Å². The van der Waals surface area contributed by atoms with Gasteiger partial charge < -0.3 is 19.6 Å². The zero-order valence-corrected chi connectivity index (χ0v) is 10.2. The van der Waals surface area contributed by atoms with Gasteiger partial charge in [0.1, 0.15) is 0 Å². The van der Waals surface area contributed by atoms with Crippen LogP contribution in [0, 0.1) is 5.92 Å². The molecule has 0 aromatic rings. The van der Waals surface area contributed by atoms with E-state index in [1.54, 1.807) is 4.90 Å². The fourth-order valence-corrected chi connectivity index (χ4v) is 3.47. The molecule has 0 aromatic carbocycles. The van der Waals surface area contributed by atoms with Crippen LogP contribution in [0.4, 0.5) is 4.79 Å². The molecule has 2 bridgehead atoms. The van der Waals surface area contributed by atoms with Crippen LogP contribution in [0.25, 0.3) is 0 Å². The number of hydrogen-bond acceptors (Lipinski definition) is 3. The summed E-state index contributed by atoms with van der Waals surface area (Å²) in [6.07, 6.45) is 2.40. The van der Waals surface area contributed by atoms with Crippen molar-refractivity contribution in [1.29, 1.82) is 0 Å². The molecule has 0 radical (unpaired) electrons. The molecule has 0 aromatic heterocycles. The van der Waals surface area contributed by atoms with Crippen molar-refractivity contribution in [2.24, 2.45) is 5.92 Å². The predicted octanol–water partition coefficient (Wildman–Crippen LogP) is 0.376. The topological polar surface area (TPSA) is 70.1 Å². The third-order valence-corrected chi connectivity index (χ3v) is 4.36. The third-order valence-electron chi connectivity index (χ3n) is 4.36. The van der Waals surface area contributed by atoms with Crippen LogP contribution in [0.15, 0.2) is 0 Å². The SMILES string of the molecule is O=C(O)C1CC2CCC1N2C(=O)N1CCOCC1. The fraction of sp³-hybridized carbons (Fsp3) is 0.833. The Hall–Kier alpha value is -1.30. The van der Waals surface area contributed by atoms with Crippen LogP contribution in [0.5, 0.6) is 0 Å². The molecule has 3 aliphatic heterocycles. The largest absolute Gasteiger partial charge is 0.481 e. The maximum Gasteiger partial charge on any atom is 0.320 e. The molecule has 3 aliphatic rings. The van der Waals surface area contributed by atoms with Gasteiger partial charge in [0.05, 0.1) is 19.1 Å². The normalized spacial score (nSPS) is 35.0. The van der Waals surface area contributed by atoms with Gasteiger partial charge >= 0.3 is 12.0 Å². The van der Waals surface area contributed by atoms with Crippen molar-refractivity contribution in [3.63, 3.8) is 0 Å². The van der Waals surface area contributed by atoms with Gasteiger partial charge in [-0.15, -0.1) is 0 Å². The van der Waals surface area contributed by atoms with Crippen molar-refractivity contribution in [3.8, 4) is 0 Å². The van der Waals surface area contributed by atoms with E-state index >= 15 is 0 Å². The van der Waals surface area contributed by atoms with Crippen LogP contribution in [0.2, 0.25) is 0 Å². The van der Waals surface area contributed by atoms with E-state index in [-0.39, 0.29) is 24.0 Å². The number of carboxylic acid groups (broad SMARTS) is 1. The summed E-state index contributed by atoms with van der Waals surface area (Å²) in [5, 5.41) is 9.17.